The van der Waals surface area contributed by atoms with Crippen molar-refractivity contribution in [3.05, 3.63) is 228 Å². The van der Waals surface area contributed by atoms with E-state index in [9.17, 15) is 5.11 Å². The largest absolute Gasteiger partial charge is 0.507 e. The van der Waals surface area contributed by atoms with E-state index in [1.54, 1.807) is 0 Å². The molecular weight excluding hydrogens is 1080 g/mol. The number of nitrogens with zero attached hydrogens (tertiary/aromatic N) is 3. The van der Waals surface area contributed by atoms with Gasteiger partial charge in [0.15, 0.2) is 0 Å². The van der Waals surface area contributed by atoms with E-state index in [-0.39, 0.29) is 48.5 Å². The maximum atomic E-state index is 12.7. The van der Waals surface area contributed by atoms with Crippen LogP contribution in [0.15, 0.2) is 194 Å². The Morgan fingerprint density at radius 3 is 1.57 bits per heavy atom. The second-order valence-corrected chi connectivity index (χ2v) is 23.3. The first-order chi connectivity index (χ1) is 34.8. The summed E-state index contributed by atoms with van der Waals surface area (Å²) in [6.07, 6.45) is 1.91. The van der Waals surface area contributed by atoms with Gasteiger partial charge in [-0.15, -0.1) is 29.3 Å². The number of aromatic nitrogens is 3. The van der Waals surface area contributed by atoms with E-state index >= 15 is 0 Å². The van der Waals surface area contributed by atoms with Crippen molar-refractivity contribution in [1.82, 2.24) is 14.5 Å². The van der Waals surface area contributed by atoms with Crippen molar-refractivity contribution in [3.8, 4) is 78.6 Å². The van der Waals surface area contributed by atoms with Gasteiger partial charge in [-0.05, 0) is 97.2 Å². The third-order valence-corrected chi connectivity index (χ3v) is 14.7. The van der Waals surface area contributed by atoms with Crippen LogP contribution in [0.5, 0.6) is 5.75 Å². The molecule has 2 heterocycles. The van der Waals surface area contributed by atoms with E-state index in [4.69, 9.17) is 9.97 Å². The van der Waals surface area contributed by atoms with Gasteiger partial charge in [0.25, 0.3) is 0 Å². The standard InChI is InChI=1S/C69H66N3O.Pt/c1-66(2,3)53-34-35-61(57(42-53)46-22-15-12-16-23-46)72-62-29-21-28-56(63(62)71-65(72)59-44-55(68(7,8)9)43-58(64(59)73)47-24-17-13-18-25-47)49-38-50(40-54(39-49)67(4,5)6)60-41-48(36-37-70-60)45-30-32-52(33-31-45)69(10,11)51-26-19-14-20-27-51;/h12-37,39-44,73H,1-11H3;/q-1;. The SMILES string of the molecule is CC(C)(C)c1cc(-c2cc(-c3ccc(C(C)(C)c4ccccc4)cc3)ccn2)[c-]c(-c2cccc3c2nc(-c2cc(C(C)(C)C)cc(-c4ccccc4)c2O)n3-c2ccc(C(C)(C)C)cc2-c2ccccc2)c1.[Pt]. The van der Waals surface area contributed by atoms with E-state index in [2.05, 4.69) is 257 Å². The maximum Gasteiger partial charge on any atom is 0.148 e. The van der Waals surface area contributed by atoms with Crippen molar-refractivity contribution >= 4 is 11.0 Å². The molecule has 8 aromatic carbocycles. The summed E-state index contributed by atoms with van der Waals surface area (Å²) in [7, 11) is 0. The van der Waals surface area contributed by atoms with Gasteiger partial charge in [0.1, 0.15) is 11.6 Å². The van der Waals surface area contributed by atoms with Gasteiger partial charge >= 0.3 is 0 Å². The van der Waals surface area contributed by atoms with Crippen molar-refractivity contribution in [1.29, 1.82) is 0 Å². The zero-order valence-electron chi connectivity index (χ0n) is 44.6. The monoisotopic (exact) mass is 1150 g/mol. The first-order valence-electron chi connectivity index (χ1n) is 25.6. The quantitative estimate of drug-likeness (QED) is 0.147. The molecule has 0 fully saturated rings. The van der Waals surface area contributed by atoms with Crippen molar-refractivity contribution in [2.24, 2.45) is 0 Å². The second kappa shape index (κ2) is 20.0. The van der Waals surface area contributed by atoms with Crippen LogP contribution in [0.3, 0.4) is 0 Å². The summed E-state index contributed by atoms with van der Waals surface area (Å²) in [5, 5.41) is 12.7. The number of hydrogen-bond acceptors (Lipinski definition) is 3. The topological polar surface area (TPSA) is 50.9 Å². The maximum absolute atomic E-state index is 12.7. The third-order valence-electron chi connectivity index (χ3n) is 14.7. The molecule has 0 bridgehead atoms. The van der Waals surface area contributed by atoms with Gasteiger partial charge < -0.3 is 5.11 Å². The molecule has 74 heavy (non-hydrogen) atoms. The van der Waals surface area contributed by atoms with Gasteiger partial charge in [-0.3, -0.25) is 9.55 Å². The summed E-state index contributed by atoms with van der Waals surface area (Å²) in [4.78, 5) is 10.7. The zero-order valence-corrected chi connectivity index (χ0v) is 46.9. The molecule has 4 nitrogen and oxygen atoms in total. The molecule has 0 aliphatic carbocycles. The molecule has 0 atom stereocenters. The van der Waals surface area contributed by atoms with Gasteiger partial charge in [-0.1, -0.05) is 227 Å². The number of rotatable bonds is 9. The minimum Gasteiger partial charge on any atom is -0.507 e. The van der Waals surface area contributed by atoms with Gasteiger partial charge in [0.05, 0.1) is 22.3 Å². The van der Waals surface area contributed by atoms with E-state index in [0.29, 0.717) is 11.4 Å². The Hall–Kier alpha value is -7.13. The Kier molecular flexibility index (Phi) is 14.0. The van der Waals surface area contributed by atoms with E-state index < -0.39 is 0 Å². The minimum atomic E-state index is -0.232. The number of benzene rings is 8. The van der Waals surface area contributed by atoms with Gasteiger partial charge in [-0.25, -0.2) is 4.98 Å². The summed E-state index contributed by atoms with van der Waals surface area (Å²) in [6, 6.07) is 70.7. The Labute approximate surface area is 453 Å². The fraction of sp³-hybridized carbons (Fsp3) is 0.217. The summed E-state index contributed by atoms with van der Waals surface area (Å²) in [5.74, 6) is 0.845. The number of fused-ring (bicyclic) bond motifs is 1. The molecule has 10 aromatic rings. The number of phenols is 1. The average Bonchev–Trinajstić information content (AvgIpc) is 3.78. The molecule has 10 rings (SSSR count). The van der Waals surface area contributed by atoms with E-state index in [1.807, 2.05) is 24.4 Å². The Morgan fingerprint density at radius 2 is 0.946 bits per heavy atom. The van der Waals surface area contributed by atoms with Crippen LogP contribution in [-0.2, 0) is 42.7 Å². The molecule has 0 aliphatic heterocycles. The van der Waals surface area contributed by atoms with Crippen LogP contribution in [-0.4, -0.2) is 19.6 Å². The second-order valence-electron chi connectivity index (χ2n) is 23.3. The zero-order chi connectivity index (χ0) is 51.5. The van der Waals surface area contributed by atoms with Crippen LogP contribution in [0.25, 0.3) is 83.9 Å². The third kappa shape index (κ3) is 10.1. The minimum absolute atomic E-state index is 0. The number of imidazole rings is 1. The fourth-order valence-electron chi connectivity index (χ4n) is 10.0. The van der Waals surface area contributed by atoms with Crippen LogP contribution in [0.2, 0.25) is 0 Å². The van der Waals surface area contributed by atoms with Gasteiger partial charge in [-0.2, -0.15) is 0 Å². The molecule has 0 saturated heterocycles. The number of hydrogen-bond donors (Lipinski definition) is 1. The normalized spacial score (nSPS) is 12.2. The summed E-state index contributed by atoms with van der Waals surface area (Å²) < 4.78 is 2.27. The predicted octanol–water partition coefficient (Wildman–Crippen LogP) is 18.1. The summed E-state index contributed by atoms with van der Waals surface area (Å²) in [5.41, 5.74) is 18.5. The molecule has 0 aliphatic rings. The number of phenolic OH excluding ortho intramolecular Hbond substituents is 1. The summed E-state index contributed by atoms with van der Waals surface area (Å²) >= 11 is 0. The summed E-state index contributed by atoms with van der Waals surface area (Å²) in [6.45, 7) is 24.8. The number of pyridine rings is 1. The molecule has 5 heteroatoms. The number of aromatic hydroxyl groups is 1. The smallest absolute Gasteiger partial charge is 0.148 e. The van der Waals surface area contributed by atoms with Crippen molar-refractivity contribution in [2.75, 3.05) is 0 Å². The van der Waals surface area contributed by atoms with Crippen LogP contribution < -0.4 is 0 Å². The van der Waals surface area contributed by atoms with Crippen LogP contribution in [0, 0.1) is 6.07 Å². The van der Waals surface area contributed by atoms with Crippen molar-refractivity contribution < 1.29 is 26.2 Å². The molecule has 0 spiro atoms. The molecule has 0 unspecified atom stereocenters. The van der Waals surface area contributed by atoms with Crippen molar-refractivity contribution in [3.63, 3.8) is 0 Å². The Morgan fingerprint density at radius 1 is 0.419 bits per heavy atom. The first-order valence-corrected chi connectivity index (χ1v) is 25.6. The fourth-order valence-corrected chi connectivity index (χ4v) is 10.0. The molecule has 0 saturated carbocycles. The average molecular weight is 1150 g/mol. The molecule has 374 valence electrons. The molecular formula is C69H66N3OPt-. The molecule has 0 amide bonds. The molecule has 0 radical (unpaired) electrons. The van der Waals surface area contributed by atoms with Crippen molar-refractivity contribution in [2.45, 2.75) is 97.8 Å². The Bertz CT molecular complexity index is 3630. The van der Waals surface area contributed by atoms with Gasteiger partial charge in [0, 0.05) is 49.5 Å². The number of para-hydroxylation sites is 1. The van der Waals surface area contributed by atoms with Crippen LogP contribution in [0.4, 0.5) is 0 Å². The molecule has 2 aromatic heterocycles. The van der Waals surface area contributed by atoms with Crippen LogP contribution >= 0.6 is 0 Å². The molecule has 1 N–H and O–H groups in total. The van der Waals surface area contributed by atoms with E-state index in [1.165, 1.54) is 22.3 Å². The predicted molar refractivity (Wildman–Crippen MR) is 307 cm³/mol. The first kappa shape index (κ1) is 51.8. The Balaban J connectivity index is 0.00000672. The van der Waals surface area contributed by atoms with Crippen LogP contribution in [0.1, 0.15) is 104 Å². The van der Waals surface area contributed by atoms with E-state index in [0.717, 1.165) is 78.0 Å². The van der Waals surface area contributed by atoms with Gasteiger partial charge in [0.2, 0.25) is 0 Å².